The topological polar surface area (TPSA) is 77.2 Å². The van der Waals surface area contributed by atoms with Gasteiger partial charge in [0.1, 0.15) is 5.75 Å². The molecule has 0 aliphatic heterocycles. The Hall–Kier alpha value is -3.64. The zero-order chi connectivity index (χ0) is 21.6. The standard InChI is InChI=1S/C24H20ClN3O3/c1-30-21-12-11-19(15-20(21)25)26-22(29)13-14-23-27-24(28-31-23)18-9-7-17(8-10-18)16-5-3-2-4-6-16/h2-12,15H,13-14H2,1H3,(H,26,29). The van der Waals surface area contributed by atoms with Crippen molar-refractivity contribution in [2.45, 2.75) is 12.8 Å². The van der Waals surface area contributed by atoms with Gasteiger partial charge in [0.25, 0.3) is 0 Å². The maximum absolute atomic E-state index is 12.2. The number of carbonyl (C=O) groups excluding carboxylic acids is 1. The number of aromatic nitrogens is 2. The second-order valence-electron chi connectivity index (χ2n) is 6.85. The number of anilines is 1. The van der Waals surface area contributed by atoms with Gasteiger partial charge in [-0.15, -0.1) is 0 Å². The van der Waals surface area contributed by atoms with Crippen molar-refractivity contribution >= 4 is 23.2 Å². The zero-order valence-electron chi connectivity index (χ0n) is 16.8. The van der Waals surface area contributed by atoms with Crippen molar-refractivity contribution in [3.8, 4) is 28.3 Å². The second kappa shape index (κ2) is 9.45. The summed E-state index contributed by atoms with van der Waals surface area (Å²) in [6.45, 7) is 0. The first kappa shape index (κ1) is 20.6. The number of carbonyl (C=O) groups is 1. The number of hydrogen-bond acceptors (Lipinski definition) is 5. The van der Waals surface area contributed by atoms with Crippen LogP contribution >= 0.6 is 11.6 Å². The first-order chi connectivity index (χ1) is 15.1. The van der Waals surface area contributed by atoms with Crippen molar-refractivity contribution in [3.05, 3.63) is 83.7 Å². The molecule has 31 heavy (non-hydrogen) atoms. The van der Waals surface area contributed by atoms with Crippen molar-refractivity contribution in [2.75, 3.05) is 12.4 Å². The average molecular weight is 434 g/mol. The Morgan fingerprint density at radius 1 is 1.00 bits per heavy atom. The molecular weight excluding hydrogens is 414 g/mol. The van der Waals surface area contributed by atoms with E-state index in [2.05, 4.69) is 27.6 Å². The summed E-state index contributed by atoms with van der Waals surface area (Å²) >= 11 is 6.08. The normalized spacial score (nSPS) is 10.6. The molecule has 1 aromatic heterocycles. The molecule has 1 amide bonds. The minimum absolute atomic E-state index is 0.173. The predicted octanol–water partition coefficient (Wildman–Crippen LogP) is 5.64. The van der Waals surface area contributed by atoms with Crippen LogP contribution in [-0.4, -0.2) is 23.2 Å². The summed E-state index contributed by atoms with van der Waals surface area (Å²) in [4.78, 5) is 16.6. The Bertz CT molecular complexity index is 1170. The van der Waals surface area contributed by atoms with Crippen LogP contribution < -0.4 is 10.1 Å². The Labute approximate surface area is 184 Å². The fraction of sp³-hybridized carbons (Fsp3) is 0.125. The molecule has 0 spiro atoms. The van der Waals surface area contributed by atoms with E-state index in [1.54, 1.807) is 18.2 Å². The minimum Gasteiger partial charge on any atom is -0.495 e. The Morgan fingerprint density at radius 2 is 1.71 bits per heavy atom. The lowest BCUT2D eigenvalue weighted by Crippen LogP contribution is -2.12. The molecule has 156 valence electrons. The van der Waals surface area contributed by atoms with Gasteiger partial charge in [-0.2, -0.15) is 4.98 Å². The maximum atomic E-state index is 12.2. The minimum atomic E-state index is -0.173. The predicted molar refractivity (Wildman–Crippen MR) is 120 cm³/mol. The summed E-state index contributed by atoms with van der Waals surface area (Å²) < 4.78 is 10.4. The van der Waals surface area contributed by atoms with Crippen molar-refractivity contribution in [1.82, 2.24) is 10.1 Å². The molecule has 0 radical (unpaired) electrons. The monoisotopic (exact) mass is 433 g/mol. The van der Waals surface area contributed by atoms with E-state index in [1.807, 2.05) is 42.5 Å². The van der Waals surface area contributed by atoms with Gasteiger partial charge in [-0.05, 0) is 29.3 Å². The zero-order valence-corrected chi connectivity index (χ0v) is 17.6. The molecule has 1 heterocycles. The van der Waals surface area contributed by atoms with Gasteiger partial charge >= 0.3 is 0 Å². The molecule has 0 aliphatic carbocycles. The van der Waals surface area contributed by atoms with E-state index >= 15 is 0 Å². The molecule has 1 N–H and O–H groups in total. The van der Waals surface area contributed by atoms with E-state index in [0.29, 0.717) is 34.6 Å². The first-order valence-corrected chi connectivity index (χ1v) is 10.1. The summed E-state index contributed by atoms with van der Waals surface area (Å²) in [5.41, 5.74) is 3.71. The summed E-state index contributed by atoms with van der Waals surface area (Å²) in [7, 11) is 1.54. The molecule has 0 fully saturated rings. The third-order valence-corrected chi connectivity index (χ3v) is 5.02. The van der Waals surface area contributed by atoms with Crippen LogP contribution in [0.3, 0.4) is 0 Å². The number of rotatable bonds is 7. The van der Waals surface area contributed by atoms with Crippen LogP contribution in [-0.2, 0) is 11.2 Å². The molecule has 0 atom stereocenters. The van der Waals surface area contributed by atoms with Crippen LogP contribution in [0.5, 0.6) is 5.75 Å². The number of nitrogens with zero attached hydrogens (tertiary/aromatic N) is 2. The van der Waals surface area contributed by atoms with Crippen molar-refractivity contribution in [3.63, 3.8) is 0 Å². The van der Waals surface area contributed by atoms with Crippen LogP contribution in [0, 0.1) is 0 Å². The lowest BCUT2D eigenvalue weighted by atomic mass is 10.0. The number of ether oxygens (including phenoxy) is 1. The summed E-state index contributed by atoms with van der Waals surface area (Å²) in [6.07, 6.45) is 0.545. The molecule has 0 bridgehead atoms. The highest BCUT2D eigenvalue weighted by Crippen LogP contribution is 2.27. The van der Waals surface area contributed by atoms with Crippen LogP contribution in [0.1, 0.15) is 12.3 Å². The van der Waals surface area contributed by atoms with Gasteiger partial charge in [0.15, 0.2) is 0 Å². The highest BCUT2D eigenvalue weighted by Gasteiger charge is 2.12. The summed E-state index contributed by atoms with van der Waals surface area (Å²) in [5.74, 6) is 1.28. The summed E-state index contributed by atoms with van der Waals surface area (Å²) in [5, 5.41) is 7.26. The highest BCUT2D eigenvalue weighted by atomic mass is 35.5. The van der Waals surface area contributed by atoms with E-state index < -0.39 is 0 Å². The van der Waals surface area contributed by atoms with Gasteiger partial charge in [0.2, 0.25) is 17.6 Å². The quantitative estimate of drug-likeness (QED) is 0.408. The van der Waals surface area contributed by atoms with Crippen LogP contribution in [0.2, 0.25) is 5.02 Å². The molecule has 4 rings (SSSR count). The molecule has 7 heteroatoms. The first-order valence-electron chi connectivity index (χ1n) is 9.74. The highest BCUT2D eigenvalue weighted by molar-refractivity contribution is 6.32. The van der Waals surface area contributed by atoms with Gasteiger partial charge in [-0.1, -0.05) is 71.4 Å². The number of methoxy groups -OCH3 is 1. The number of amides is 1. The number of aryl methyl sites for hydroxylation is 1. The summed E-state index contributed by atoms with van der Waals surface area (Å²) in [6, 6.07) is 23.2. The molecule has 0 saturated carbocycles. The van der Waals surface area contributed by atoms with E-state index in [0.717, 1.165) is 16.7 Å². The molecule has 0 aliphatic rings. The Balaban J connectivity index is 1.35. The maximum Gasteiger partial charge on any atom is 0.227 e. The Kier molecular flexibility index (Phi) is 6.29. The number of halogens is 1. The van der Waals surface area contributed by atoms with Crippen LogP contribution in [0.25, 0.3) is 22.5 Å². The second-order valence-corrected chi connectivity index (χ2v) is 7.26. The third kappa shape index (κ3) is 5.10. The fourth-order valence-corrected chi connectivity index (χ4v) is 3.36. The molecule has 6 nitrogen and oxygen atoms in total. The van der Waals surface area contributed by atoms with Crippen LogP contribution in [0.4, 0.5) is 5.69 Å². The third-order valence-electron chi connectivity index (χ3n) is 4.72. The lowest BCUT2D eigenvalue weighted by molar-refractivity contribution is -0.116. The molecule has 3 aromatic carbocycles. The van der Waals surface area contributed by atoms with Gasteiger partial charge in [0.05, 0.1) is 12.1 Å². The van der Waals surface area contributed by atoms with Gasteiger partial charge in [-0.3, -0.25) is 4.79 Å². The smallest absolute Gasteiger partial charge is 0.227 e. The number of nitrogens with one attached hydrogen (secondary N) is 1. The molecule has 4 aromatic rings. The van der Waals surface area contributed by atoms with Gasteiger partial charge in [-0.25, -0.2) is 0 Å². The van der Waals surface area contributed by atoms with E-state index in [4.69, 9.17) is 20.9 Å². The largest absolute Gasteiger partial charge is 0.495 e. The SMILES string of the molecule is COc1ccc(NC(=O)CCc2nc(-c3ccc(-c4ccccc4)cc3)no2)cc1Cl. The van der Waals surface area contributed by atoms with Crippen molar-refractivity contribution < 1.29 is 14.1 Å². The lowest BCUT2D eigenvalue weighted by Gasteiger charge is -2.07. The van der Waals surface area contributed by atoms with E-state index in [9.17, 15) is 4.79 Å². The molecule has 0 saturated heterocycles. The van der Waals surface area contributed by atoms with E-state index in [-0.39, 0.29) is 12.3 Å². The van der Waals surface area contributed by atoms with Crippen LogP contribution in [0.15, 0.2) is 77.3 Å². The van der Waals surface area contributed by atoms with Gasteiger partial charge in [0, 0.05) is 24.1 Å². The average Bonchev–Trinajstić information content (AvgIpc) is 3.28. The molecular formula is C24H20ClN3O3. The number of hydrogen-bond donors (Lipinski definition) is 1. The Morgan fingerprint density at radius 3 is 2.42 bits per heavy atom. The molecule has 0 unspecified atom stereocenters. The van der Waals surface area contributed by atoms with Crippen molar-refractivity contribution in [2.24, 2.45) is 0 Å². The fourth-order valence-electron chi connectivity index (χ4n) is 3.10. The van der Waals surface area contributed by atoms with E-state index in [1.165, 1.54) is 7.11 Å². The van der Waals surface area contributed by atoms with Gasteiger partial charge < -0.3 is 14.6 Å². The number of benzene rings is 3. The van der Waals surface area contributed by atoms with Crippen molar-refractivity contribution in [1.29, 1.82) is 0 Å².